The predicted molar refractivity (Wildman–Crippen MR) is 106 cm³/mol. The number of rotatable bonds is 6. The van der Waals surface area contributed by atoms with Crippen LogP contribution >= 0.6 is 15.9 Å². The minimum absolute atomic E-state index is 0.0361. The highest BCUT2D eigenvalue weighted by molar-refractivity contribution is 9.10. The van der Waals surface area contributed by atoms with Gasteiger partial charge in [0.15, 0.2) is 0 Å². The van der Waals surface area contributed by atoms with Crippen LogP contribution in [0.5, 0.6) is 0 Å². The van der Waals surface area contributed by atoms with Crippen LogP contribution in [0, 0.1) is 18.7 Å². The normalized spacial score (nSPS) is 25.3. The number of nitrogens with zero attached hydrogens (tertiary/aromatic N) is 1. The first-order valence-electron chi connectivity index (χ1n) is 9.71. The van der Waals surface area contributed by atoms with Crippen LogP contribution < -0.4 is 5.32 Å². The van der Waals surface area contributed by atoms with E-state index in [1.807, 2.05) is 0 Å². The number of carbonyl (C=O) groups excluding carboxylic acids is 2. The first-order chi connectivity index (χ1) is 13.8. The van der Waals surface area contributed by atoms with E-state index in [0.717, 1.165) is 6.42 Å². The Bertz CT molecular complexity index is 773. The zero-order valence-electron chi connectivity index (χ0n) is 16.4. The molecule has 0 bridgehead atoms. The number of aryl methyl sites for hydroxylation is 1. The first kappa shape index (κ1) is 22.1. The lowest BCUT2D eigenvalue weighted by atomic mass is 10.0. The molecule has 29 heavy (non-hydrogen) atoms. The summed E-state index contributed by atoms with van der Waals surface area (Å²) in [6, 6.07) is 1.87. The molecule has 4 atom stereocenters. The number of benzene rings is 1. The van der Waals surface area contributed by atoms with Gasteiger partial charge in [-0.3, -0.25) is 9.59 Å². The Hall–Kier alpha value is -1.58. The Labute approximate surface area is 177 Å². The standard InChI is InChI=1S/C20H25BrF2N2O4/c1-3-29-18(12-6-7-28-10-12)20(27)25-8-14(23)15(9-25)24-19(26)16-11(2)4-5-13(22)17(16)21/h4-5,12,14-15,18H,3,6-10H2,1-2H3,(H,24,26)/t12?,14-,15+,18?/m0/s1. The molecule has 0 spiro atoms. The summed E-state index contributed by atoms with van der Waals surface area (Å²) in [4.78, 5) is 27.0. The first-order valence-corrected chi connectivity index (χ1v) is 10.5. The van der Waals surface area contributed by atoms with Gasteiger partial charge < -0.3 is 19.7 Å². The van der Waals surface area contributed by atoms with Gasteiger partial charge >= 0.3 is 0 Å². The summed E-state index contributed by atoms with van der Waals surface area (Å²) in [6.07, 6.45) is -1.38. The molecule has 0 saturated carbocycles. The van der Waals surface area contributed by atoms with E-state index < -0.39 is 30.0 Å². The molecule has 3 rings (SSSR count). The van der Waals surface area contributed by atoms with Crippen molar-refractivity contribution in [2.75, 3.05) is 32.9 Å². The Balaban J connectivity index is 1.68. The van der Waals surface area contributed by atoms with Crippen LogP contribution in [0.3, 0.4) is 0 Å². The number of halogens is 3. The monoisotopic (exact) mass is 474 g/mol. The molecule has 0 aromatic heterocycles. The van der Waals surface area contributed by atoms with Gasteiger partial charge in [-0.2, -0.15) is 0 Å². The van der Waals surface area contributed by atoms with Crippen molar-refractivity contribution in [2.45, 2.75) is 38.6 Å². The van der Waals surface area contributed by atoms with Crippen LogP contribution in [0.4, 0.5) is 8.78 Å². The third-order valence-corrected chi connectivity index (χ3v) is 6.16. The summed E-state index contributed by atoms with van der Waals surface area (Å²) in [5.74, 6) is -1.49. The lowest BCUT2D eigenvalue weighted by Crippen LogP contribution is -2.45. The number of hydrogen-bond donors (Lipinski definition) is 1. The Morgan fingerprint density at radius 1 is 1.41 bits per heavy atom. The van der Waals surface area contributed by atoms with Gasteiger partial charge in [0.2, 0.25) is 0 Å². The number of amides is 2. The summed E-state index contributed by atoms with van der Waals surface area (Å²) >= 11 is 3.08. The number of likely N-dealkylation sites (tertiary alicyclic amines) is 1. The summed E-state index contributed by atoms with van der Waals surface area (Å²) in [5.41, 5.74) is 0.687. The van der Waals surface area contributed by atoms with Crippen molar-refractivity contribution in [3.8, 4) is 0 Å². The van der Waals surface area contributed by atoms with E-state index in [2.05, 4.69) is 21.2 Å². The van der Waals surface area contributed by atoms with E-state index in [-0.39, 0.29) is 35.0 Å². The number of nitrogens with one attached hydrogen (secondary N) is 1. The summed E-state index contributed by atoms with van der Waals surface area (Å²) in [6.45, 7) is 4.78. The molecule has 2 aliphatic rings. The van der Waals surface area contributed by atoms with Crippen molar-refractivity contribution in [2.24, 2.45) is 5.92 Å². The smallest absolute Gasteiger partial charge is 0.253 e. The quantitative estimate of drug-likeness (QED) is 0.687. The van der Waals surface area contributed by atoms with E-state index in [1.165, 1.54) is 17.0 Å². The van der Waals surface area contributed by atoms with Gasteiger partial charge in [-0.05, 0) is 47.8 Å². The van der Waals surface area contributed by atoms with Crippen LogP contribution in [0.15, 0.2) is 16.6 Å². The minimum Gasteiger partial charge on any atom is -0.381 e. The predicted octanol–water partition coefficient (Wildman–Crippen LogP) is 2.62. The van der Waals surface area contributed by atoms with E-state index >= 15 is 0 Å². The van der Waals surface area contributed by atoms with Gasteiger partial charge in [-0.1, -0.05) is 6.07 Å². The minimum atomic E-state index is -1.42. The highest BCUT2D eigenvalue weighted by Gasteiger charge is 2.42. The molecular formula is C20H25BrF2N2O4. The third kappa shape index (κ3) is 4.78. The maximum atomic E-state index is 14.6. The van der Waals surface area contributed by atoms with Crippen LogP contribution in [0.1, 0.15) is 29.3 Å². The van der Waals surface area contributed by atoms with Gasteiger partial charge in [-0.15, -0.1) is 0 Å². The van der Waals surface area contributed by atoms with Gasteiger partial charge in [0.1, 0.15) is 18.1 Å². The highest BCUT2D eigenvalue weighted by Crippen LogP contribution is 2.26. The van der Waals surface area contributed by atoms with E-state index in [4.69, 9.17) is 9.47 Å². The maximum absolute atomic E-state index is 14.6. The van der Waals surface area contributed by atoms with Crippen molar-refractivity contribution in [3.63, 3.8) is 0 Å². The second kappa shape index (κ2) is 9.49. The molecule has 1 aromatic carbocycles. The Kier molecular flexibility index (Phi) is 7.23. The Morgan fingerprint density at radius 3 is 2.83 bits per heavy atom. The molecule has 160 valence electrons. The van der Waals surface area contributed by atoms with Crippen molar-refractivity contribution >= 4 is 27.7 Å². The second-order valence-electron chi connectivity index (χ2n) is 7.39. The molecule has 0 aliphatic carbocycles. The molecule has 2 heterocycles. The average Bonchev–Trinajstić information content (AvgIpc) is 3.33. The van der Waals surface area contributed by atoms with E-state index in [0.29, 0.717) is 25.4 Å². The van der Waals surface area contributed by atoms with E-state index in [9.17, 15) is 18.4 Å². The maximum Gasteiger partial charge on any atom is 0.253 e. The van der Waals surface area contributed by atoms with Crippen molar-refractivity contribution < 1.29 is 27.8 Å². The van der Waals surface area contributed by atoms with Crippen LogP contribution in [0.25, 0.3) is 0 Å². The molecule has 2 saturated heterocycles. The van der Waals surface area contributed by atoms with Gasteiger partial charge in [-0.25, -0.2) is 8.78 Å². The molecular weight excluding hydrogens is 450 g/mol. The lowest BCUT2D eigenvalue weighted by molar-refractivity contribution is -0.146. The van der Waals surface area contributed by atoms with Crippen molar-refractivity contribution in [3.05, 3.63) is 33.5 Å². The average molecular weight is 475 g/mol. The molecule has 6 nitrogen and oxygen atoms in total. The zero-order chi connectivity index (χ0) is 21.1. The number of alkyl halides is 1. The molecule has 2 unspecified atom stereocenters. The van der Waals surface area contributed by atoms with Gasteiger partial charge in [0.05, 0.1) is 29.2 Å². The molecule has 2 amide bonds. The molecule has 1 N–H and O–H groups in total. The van der Waals surface area contributed by atoms with Crippen LogP contribution in [-0.4, -0.2) is 67.9 Å². The van der Waals surface area contributed by atoms with Crippen molar-refractivity contribution in [1.29, 1.82) is 0 Å². The third-order valence-electron chi connectivity index (χ3n) is 5.39. The molecule has 0 radical (unpaired) electrons. The van der Waals surface area contributed by atoms with Gasteiger partial charge in [0, 0.05) is 25.7 Å². The molecule has 1 aromatic rings. The van der Waals surface area contributed by atoms with Crippen LogP contribution in [-0.2, 0) is 14.3 Å². The van der Waals surface area contributed by atoms with E-state index in [1.54, 1.807) is 13.8 Å². The number of hydrogen-bond acceptors (Lipinski definition) is 4. The summed E-state index contributed by atoms with van der Waals surface area (Å²) in [7, 11) is 0. The van der Waals surface area contributed by atoms with Crippen molar-refractivity contribution in [1.82, 2.24) is 10.2 Å². The fraction of sp³-hybridized carbons (Fsp3) is 0.600. The van der Waals surface area contributed by atoms with Gasteiger partial charge in [0.25, 0.3) is 11.8 Å². The summed E-state index contributed by atoms with van der Waals surface area (Å²) in [5, 5.41) is 2.61. The lowest BCUT2D eigenvalue weighted by Gasteiger charge is -2.26. The molecule has 9 heteroatoms. The fourth-order valence-electron chi connectivity index (χ4n) is 3.81. The highest BCUT2D eigenvalue weighted by atomic mass is 79.9. The molecule has 2 fully saturated rings. The number of ether oxygens (including phenoxy) is 2. The number of carbonyl (C=O) groups is 2. The summed E-state index contributed by atoms with van der Waals surface area (Å²) < 4.78 is 39.5. The topological polar surface area (TPSA) is 67.9 Å². The largest absolute Gasteiger partial charge is 0.381 e. The second-order valence-corrected chi connectivity index (χ2v) is 8.19. The SMILES string of the molecule is CCOC(C(=O)N1C[C@H](F)[C@H](NC(=O)c2c(C)ccc(F)c2Br)C1)C1CCOC1. The Morgan fingerprint density at radius 2 is 2.17 bits per heavy atom. The van der Waals surface area contributed by atoms with Crippen LogP contribution in [0.2, 0.25) is 0 Å². The fourth-order valence-corrected chi connectivity index (χ4v) is 4.43. The molecule has 2 aliphatic heterocycles. The zero-order valence-corrected chi connectivity index (χ0v) is 18.0.